The van der Waals surface area contributed by atoms with Crippen molar-refractivity contribution in [3.05, 3.63) is 29.6 Å². The van der Waals surface area contributed by atoms with Gasteiger partial charge in [-0.05, 0) is 56.5 Å². The van der Waals surface area contributed by atoms with E-state index in [1.54, 1.807) is 6.07 Å². The molecule has 1 aliphatic rings. The number of rotatable bonds is 6. The maximum atomic E-state index is 13.6. The first-order valence-electron chi connectivity index (χ1n) is 7.88. The summed E-state index contributed by atoms with van der Waals surface area (Å²) >= 11 is 0. The zero-order chi connectivity index (χ0) is 15.9. The van der Waals surface area contributed by atoms with E-state index in [1.807, 2.05) is 18.0 Å². The molecule has 4 nitrogen and oxygen atoms in total. The van der Waals surface area contributed by atoms with Crippen molar-refractivity contribution in [2.75, 3.05) is 33.8 Å². The zero-order valence-corrected chi connectivity index (χ0v) is 13.4. The number of amides is 1. The van der Waals surface area contributed by atoms with Gasteiger partial charge in [-0.25, -0.2) is 4.39 Å². The Labute approximate surface area is 131 Å². The number of carbonyl (C=O) groups excluding carboxylic acids is 1. The summed E-state index contributed by atoms with van der Waals surface area (Å²) in [5, 5.41) is 3.18. The number of likely N-dealkylation sites (tertiary alicyclic amines) is 1. The first-order chi connectivity index (χ1) is 10.6. The van der Waals surface area contributed by atoms with Gasteiger partial charge in [0.1, 0.15) is 0 Å². The third-order valence-corrected chi connectivity index (χ3v) is 4.21. The van der Waals surface area contributed by atoms with Crippen molar-refractivity contribution >= 4 is 5.91 Å². The molecule has 5 heteroatoms. The van der Waals surface area contributed by atoms with Gasteiger partial charge in [-0.3, -0.25) is 4.79 Å². The maximum absolute atomic E-state index is 13.6. The number of benzene rings is 1. The summed E-state index contributed by atoms with van der Waals surface area (Å²) in [5.41, 5.74) is 0.829. The molecule has 1 amide bonds. The minimum atomic E-state index is -0.375. The van der Waals surface area contributed by atoms with Crippen LogP contribution in [0.2, 0.25) is 0 Å². The van der Waals surface area contributed by atoms with Crippen LogP contribution in [-0.2, 0) is 11.2 Å². The van der Waals surface area contributed by atoms with Crippen molar-refractivity contribution < 1.29 is 13.9 Å². The fourth-order valence-electron chi connectivity index (χ4n) is 3.02. The molecular weight excluding hydrogens is 283 g/mol. The number of carbonyl (C=O) groups is 1. The molecule has 22 heavy (non-hydrogen) atoms. The maximum Gasteiger partial charge on any atom is 0.222 e. The van der Waals surface area contributed by atoms with Crippen LogP contribution in [0.4, 0.5) is 4.39 Å². The Morgan fingerprint density at radius 1 is 1.50 bits per heavy atom. The van der Waals surface area contributed by atoms with Gasteiger partial charge in [-0.2, -0.15) is 0 Å². The predicted octanol–water partition coefficient (Wildman–Crippen LogP) is 2.22. The number of halogens is 1. The third kappa shape index (κ3) is 4.44. The Kier molecular flexibility index (Phi) is 6.19. The van der Waals surface area contributed by atoms with Gasteiger partial charge in [-0.1, -0.05) is 6.07 Å². The number of piperidine rings is 1. The lowest BCUT2D eigenvalue weighted by molar-refractivity contribution is -0.132. The lowest BCUT2D eigenvalue weighted by Gasteiger charge is -2.32. The molecule has 0 saturated carbocycles. The van der Waals surface area contributed by atoms with Gasteiger partial charge in [0, 0.05) is 19.5 Å². The van der Waals surface area contributed by atoms with E-state index in [0.717, 1.165) is 31.6 Å². The minimum Gasteiger partial charge on any atom is -0.494 e. The van der Waals surface area contributed by atoms with E-state index in [4.69, 9.17) is 4.74 Å². The third-order valence-electron chi connectivity index (χ3n) is 4.21. The van der Waals surface area contributed by atoms with Crippen molar-refractivity contribution in [1.82, 2.24) is 10.2 Å². The van der Waals surface area contributed by atoms with Gasteiger partial charge in [-0.15, -0.1) is 0 Å². The Morgan fingerprint density at radius 3 is 3.00 bits per heavy atom. The number of methoxy groups -OCH3 is 1. The van der Waals surface area contributed by atoms with E-state index in [9.17, 15) is 9.18 Å². The molecule has 1 aromatic rings. The molecule has 1 heterocycles. The highest BCUT2D eigenvalue weighted by molar-refractivity contribution is 5.76. The molecule has 1 atom stereocenters. The van der Waals surface area contributed by atoms with E-state index in [1.165, 1.54) is 19.6 Å². The number of nitrogens with one attached hydrogen (secondary N) is 1. The Bertz CT molecular complexity index is 505. The monoisotopic (exact) mass is 308 g/mol. The Balaban J connectivity index is 1.85. The van der Waals surface area contributed by atoms with Crippen LogP contribution in [0.1, 0.15) is 24.8 Å². The average molecular weight is 308 g/mol. The van der Waals surface area contributed by atoms with Gasteiger partial charge in [0.2, 0.25) is 5.91 Å². The number of aryl methyl sites for hydroxylation is 1. The van der Waals surface area contributed by atoms with Crippen LogP contribution in [0.5, 0.6) is 5.75 Å². The molecule has 2 rings (SSSR count). The SMILES string of the molecule is CNCC1CCCN(C(=O)CCc2ccc(OC)c(F)c2)C1. The Hall–Kier alpha value is -1.62. The summed E-state index contributed by atoms with van der Waals surface area (Å²) in [5.74, 6) is 0.568. The molecule has 1 unspecified atom stereocenters. The number of hydrogen-bond acceptors (Lipinski definition) is 3. The van der Waals surface area contributed by atoms with Gasteiger partial charge in [0.15, 0.2) is 11.6 Å². The van der Waals surface area contributed by atoms with Crippen LogP contribution >= 0.6 is 0 Å². The highest BCUT2D eigenvalue weighted by Gasteiger charge is 2.22. The van der Waals surface area contributed by atoms with Crippen LogP contribution in [-0.4, -0.2) is 44.6 Å². The Morgan fingerprint density at radius 2 is 2.32 bits per heavy atom. The predicted molar refractivity (Wildman–Crippen MR) is 84.5 cm³/mol. The minimum absolute atomic E-state index is 0.164. The molecule has 0 spiro atoms. The molecule has 0 bridgehead atoms. The van der Waals surface area contributed by atoms with Crippen LogP contribution in [0.25, 0.3) is 0 Å². The van der Waals surface area contributed by atoms with Crippen LogP contribution in [0.3, 0.4) is 0 Å². The average Bonchev–Trinajstić information content (AvgIpc) is 2.53. The topological polar surface area (TPSA) is 41.6 Å². The summed E-state index contributed by atoms with van der Waals surface area (Å²) < 4.78 is 18.5. The quantitative estimate of drug-likeness (QED) is 0.876. The van der Waals surface area contributed by atoms with Crippen molar-refractivity contribution in [1.29, 1.82) is 0 Å². The molecule has 0 aliphatic carbocycles. The summed E-state index contributed by atoms with van der Waals surface area (Å²) in [7, 11) is 3.39. The second-order valence-corrected chi connectivity index (χ2v) is 5.87. The highest BCUT2D eigenvalue weighted by Crippen LogP contribution is 2.20. The van der Waals surface area contributed by atoms with E-state index < -0.39 is 0 Å². The number of hydrogen-bond donors (Lipinski definition) is 1. The van der Waals surface area contributed by atoms with E-state index in [2.05, 4.69) is 5.32 Å². The first-order valence-corrected chi connectivity index (χ1v) is 7.88. The van der Waals surface area contributed by atoms with E-state index in [0.29, 0.717) is 18.8 Å². The molecule has 0 aromatic heterocycles. The van der Waals surface area contributed by atoms with Gasteiger partial charge >= 0.3 is 0 Å². The smallest absolute Gasteiger partial charge is 0.222 e. The van der Waals surface area contributed by atoms with Gasteiger partial charge < -0.3 is 15.0 Å². The molecule has 1 aliphatic heterocycles. The normalized spacial score (nSPS) is 18.3. The van der Waals surface area contributed by atoms with Gasteiger partial charge in [0.05, 0.1) is 7.11 Å². The van der Waals surface area contributed by atoms with Crippen molar-refractivity contribution in [3.8, 4) is 5.75 Å². The summed E-state index contributed by atoms with van der Waals surface area (Å²) in [4.78, 5) is 14.3. The fraction of sp³-hybridized carbons (Fsp3) is 0.588. The first kappa shape index (κ1) is 16.7. The van der Waals surface area contributed by atoms with Crippen molar-refractivity contribution in [2.45, 2.75) is 25.7 Å². The summed E-state index contributed by atoms with van der Waals surface area (Å²) in [6, 6.07) is 4.88. The standard InChI is InChI=1S/C17H25FN2O2/c1-19-11-14-4-3-9-20(12-14)17(21)8-6-13-5-7-16(22-2)15(18)10-13/h5,7,10,14,19H,3-4,6,8-9,11-12H2,1-2H3. The highest BCUT2D eigenvalue weighted by atomic mass is 19.1. The molecule has 1 fully saturated rings. The number of nitrogens with zero attached hydrogens (tertiary/aromatic N) is 1. The number of ether oxygens (including phenoxy) is 1. The molecule has 122 valence electrons. The lowest BCUT2D eigenvalue weighted by Crippen LogP contribution is -2.42. The fourth-order valence-corrected chi connectivity index (χ4v) is 3.02. The lowest BCUT2D eigenvalue weighted by atomic mass is 9.97. The molecule has 1 aromatic carbocycles. The van der Waals surface area contributed by atoms with Crippen LogP contribution in [0.15, 0.2) is 18.2 Å². The second kappa shape index (κ2) is 8.13. The summed E-state index contributed by atoms with van der Waals surface area (Å²) in [6.07, 6.45) is 3.23. The van der Waals surface area contributed by atoms with Crippen molar-refractivity contribution in [2.24, 2.45) is 5.92 Å². The molecule has 1 N–H and O–H groups in total. The van der Waals surface area contributed by atoms with E-state index >= 15 is 0 Å². The second-order valence-electron chi connectivity index (χ2n) is 5.87. The molecular formula is C17H25FN2O2. The van der Waals surface area contributed by atoms with Crippen LogP contribution < -0.4 is 10.1 Å². The van der Waals surface area contributed by atoms with E-state index in [-0.39, 0.29) is 17.5 Å². The van der Waals surface area contributed by atoms with Gasteiger partial charge in [0.25, 0.3) is 0 Å². The molecule has 1 saturated heterocycles. The van der Waals surface area contributed by atoms with Crippen LogP contribution in [0, 0.1) is 11.7 Å². The summed E-state index contributed by atoms with van der Waals surface area (Å²) in [6.45, 7) is 2.63. The largest absolute Gasteiger partial charge is 0.494 e. The zero-order valence-electron chi connectivity index (χ0n) is 13.4. The van der Waals surface area contributed by atoms with Crippen molar-refractivity contribution in [3.63, 3.8) is 0 Å². The molecule has 0 radical (unpaired) electrons.